The van der Waals surface area contributed by atoms with E-state index in [1.54, 1.807) is 23.4 Å². The van der Waals surface area contributed by atoms with E-state index in [-0.39, 0.29) is 18.6 Å². The highest BCUT2D eigenvalue weighted by Gasteiger charge is 2.22. The number of ether oxygens (including phenoxy) is 1. The number of pyridine rings is 1. The van der Waals surface area contributed by atoms with Gasteiger partial charge < -0.3 is 14.7 Å². The van der Waals surface area contributed by atoms with Crippen molar-refractivity contribution in [3.05, 3.63) is 29.6 Å². The second-order valence-electron chi connectivity index (χ2n) is 4.67. The zero-order chi connectivity index (χ0) is 14.4. The molecule has 2 rings (SSSR count). The molecule has 1 unspecified atom stereocenters. The molecule has 1 atom stereocenters. The molecule has 0 radical (unpaired) electrons. The maximum atomic E-state index is 12.4. The zero-order valence-electron chi connectivity index (χ0n) is 11.5. The van der Waals surface area contributed by atoms with Gasteiger partial charge in [-0.1, -0.05) is 11.8 Å². The van der Waals surface area contributed by atoms with E-state index in [1.165, 1.54) is 0 Å². The number of carbonyl (C=O) groups is 1. The van der Waals surface area contributed by atoms with Gasteiger partial charge in [0.05, 0.1) is 24.9 Å². The number of aliphatic hydroxyl groups excluding tert-OH is 1. The van der Waals surface area contributed by atoms with Gasteiger partial charge in [0.15, 0.2) is 0 Å². The van der Waals surface area contributed by atoms with E-state index in [0.29, 0.717) is 37.2 Å². The lowest BCUT2D eigenvalue weighted by Gasteiger charge is -2.31. The summed E-state index contributed by atoms with van der Waals surface area (Å²) in [6.45, 7) is 3.75. The highest BCUT2D eigenvalue weighted by Crippen LogP contribution is 2.10. The van der Waals surface area contributed by atoms with Crippen LogP contribution in [0.5, 0.6) is 0 Å². The minimum absolute atomic E-state index is 0.0325. The van der Waals surface area contributed by atoms with Gasteiger partial charge in [-0.3, -0.25) is 9.78 Å². The Hall–Kier alpha value is -1.90. The van der Waals surface area contributed by atoms with Crippen LogP contribution in [0.1, 0.15) is 29.3 Å². The van der Waals surface area contributed by atoms with Gasteiger partial charge in [-0.05, 0) is 13.0 Å². The molecule has 0 aromatic carbocycles. The fraction of sp³-hybridized carbons (Fsp3) is 0.467. The first-order valence-corrected chi connectivity index (χ1v) is 6.66. The summed E-state index contributed by atoms with van der Waals surface area (Å²) >= 11 is 0. The average molecular weight is 274 g/mol. The number of amides is 1. The first-order valence-electron chi connectivity index (χ1n) is 6.66. The number of hydrogen-bond donors (Lipinski definition) is 1. The van der Waals surface area contributed by atoms with E-state index >= 15 is 0 Å². The van der Waals surface area contributed by atoms with Gasteiger partial charge in [-0.15, -0.1) is 0 Å². The van der Waals surface area contributed by atoms with Crippen molar-refractivity contribution >= 4 is 5.91 Å². The van der Waals surface area contributed by atoms with Gasteiger partial charge >= 0.3 is 0 Å². The molecule has 1 aromatic rings. The fourth-order valence-corrected chi connectivity index (χ4v) is 2.03. The molecule has 2 heterocycles. The third-order valence-electron chi connectivity index (χ3n) is 2.98. The van der Waals surface area contributed by atoms with Gasteiger partial charge in [-0.2, -0.15) is 0 Å². The Morgan fingerprint density at radius 3 is 3.20 bits per heavy atom. The first kappa shape index (κ1) is 14.5. The molecule has 1 aliphatic heterocycles. The van der Waals surface area contributed by atoms with Crippen molar-refractivity contribution in [2.45, 2.75) is 19.4 Å². The van der Waals surface area contributed by atoms with Crippen LogP contribution in [-0.2, 0) is 4.74 Å². The van der Waals surface area contributed by atoms with Crippen LogP contribution in [0.3, 0.4) is 0 Å². The van der Waals surface area contributed by atoms with E-state index in [2.05, 4.69) is 16.8 Å². The molecular formula is C15H18N2O3. The van der Waals surface area contributed by atoms with Gasteiger partial charge in [0.2, 0.25) is 0 Å². The predicted molar refractivity (Wildman–Crippen MR) is 74.1 cm³/mol. The van der Waals surface area contributed by atoms with Crippen molar-refractivity contribution in [2.75, 3.05) is 26.3 Å². The highest BCUT2D eigenvalue weighted by atomic mass is 16.5. The largest absolute Gasteiger partial charge is 0.395 e. The quantitative estimate of drug-likeness (QED) is 0.805. The molecule has 1 amide bonds. The molecule has 20 heavy (non-hydrogen) atoms. The van der Waals surface area contributed by atoms with Crippen LogP contribution >= 0.6 is 0 Å². The van der Waals surface area contributed by atoms with Crippen LogP contribution in [-0.4, -0.2) is 53.3 Å². The van der Waals surface area contributed by atoms with Crippen molar-refractivity contribution in [3.63, 3.8) is 0 Å². The maximum Gasteiger partial charge on any atom is 0.255 e. The smallest absolute Gasteiger partial charge is 0.255 e. The second-order valence-corrected chi connectivity index (χ2v) is 4.67. The Morgan fingerprint density at radius 2 is 2.45 bits per heavy atom. The molecule has 5 heteroatoms. The van der Waals surface area contributed by atoms with E-state index in [0.717, 1.165) is 0 Å². The van der Waals surface area contributed by atoms with Gasteiger partial charge in [0, 0.05) is 37.5 Å². The van der Waals surface area contributed by atoms with Gasteiger partial charge in [0.25, 0.3) is 5.91 Å². The van der Waals surface area contributed by atoms with Crippen LogP contribution in [0.4, 0.5) is 0 Å². The molecular weight excluding hydrogens is 256 g/mol. The molecule has 1 aliphatic rings. The molecule has 1 N–H and O–H groups in total. The molecule has 1 saturated heterocycles. The van der Waals surface area contributed by atoms with E-state index in [1.807, 2.05) is 6.92 Å². The summed E-state index contributed by atoms with van der Waals surface area (Å²) in [7, 11) is 0. The molecule has 0 saturated carbocycles. The third-order valence-corrected chi connectivity index (χ3v) is 2.98. The Kier molecular flexibility index (Phi) is 5.10. The minimum Gasteiger partial charge on any atom is -0.395 e. The van der Waals surface area contributed by atoms with Crippen molar-refractivity contribution in [3.8, 4) is 11.8 Å². The molecule has 0 aliphatic carbocycles. The van der Waals surface area contributed by atoms with Crippen LogP contribution < -0.4 is 0 Å². The average Bonchev–Trinajstić information content (AvgIpc) is 2.47. The normalized spacial score (nSPS) is 18.3. The predicted octanol–water partition coefficient (Wildman–Crippen LogP) is 0.676. The molecule has 1 fully saturated rings. The number of carbonyl (C=O) groups excluding carboxylic acids is 1. The molecule has 106 valence electrons. The summed E-state index contributed by atoms with van der Waals surface area (Å²) in [6.07, 6.45) is 3.65. The van der Waals surface area contributed by atoms with E-state index in [9.17, 15) is 4.79 Å². The molecule has 1 aromatic heterocycles. The number of aromatic nitrogens is 1. The Labute approximate surface area is 118 Å². The van der Waals surface area contributed by atoms with Crippen LogP contribution in [0.2, 0.25) is 0 Å². The van der Waals surface area contributed by atoms with E-state index in [4.69, 9.17) is 9.84 Å². The summed E-state index contributed by atoms with van der Waals surface area (Å²) < 4.78 is 5.43. The fourth-order valence-electron chi connectivity index (χ4n) is 2.03. The highest BCUT2D eigenvalue weighted by molar-refractivity contribution is 5.94. The van der Waals surface area contributed by atoms with Gasteiger partial charge in [0.1, 0.15) is 0 Å². The van der Waals surface area contributed by atoms with E-state index < -0.39 is 0 Å². The topological polar surface area (TPSA) is 62.7 Å². The monoisotopic (exact) mass is 274 g/mol. The standard InChI is InChI=1S/C15H18N2O3/c1-12-11-17(5-7-20-12)15(19)14-8-13(9-16-10-14)4-2-3-6-18/h8-10,12,18H,3,5-7,11H2,1H3. The lowest BCUT2D eigenvalue weighted by Crippen LogP contribution is -2.44. The SMILES string of the molecule is CC1CN(C(=O)c2cncc(C#CCCO)c2)CCO1. The second kappa shape index (κ2) is 7.04. The van der Waals surface area contributed by atoms with Crippen LogP contribution in [0, 0.1) is 11.8 Å². The maximum absolute atomic E-state index is 12.4. The number of nitrogens with zero attached hydrogens (tertiary/aromatic N) is 2. The Balaban J connectivity index is 2.10. The van der Waals surface area contributed by atoms with Crippen LogP contribution in [0.15, 0.2) is 18.5 Å². The molecule has 5 nitrogen and oxygen atoms in total. The van der Waals surface area contributed by atoms with Crippen molar-refractivity contribution in [2.24, 2.45) is 0 Å². The number of hydrogen-bond acceptors (Lipinski definition) is 4. The first-order chi connectivity index (χ1) is 9.70. The molecule has 0 spiro atoms. The zero-order valence-corrected chi connectivity index (χ0v) is 11.5. The molecule has 0 bridgehead atoms. The summed E-state index contributed by atoms with van der Waals surface area (Å²) in [5.41, 5.74) is 1.22. The van der Waals surface area contributed by atoms with Crippen molar-refractivity contribution in [1.82, 2.24) is 9.88 Å². The summed E-state index contributed by atoms with van der Waals surface area (Å²) in [6, 6.07) is 1.74. The summed E-state index contributed by atoms with van der Waals surface area (Å²) in [5, 5.41) is 8.69. The van der Waals surface area contributed by atoms with Gasteiger partial charge in [-0.25, -0.2) is 0 Å². The Bertz CT molecular complexity index is 533. The summed E-state index contributed by atoms with van der Waals surface area (Å²) in [5.74, 6) is 5.66. The summed E-state index contributed by atoms with van der Waals surface area (Å²) in [4.78, 5) is 18.2. The van der Waals surface area contributed by atoms with Crippen LogP contribution in [0.25, 0.3) is 0 Å². The lowest BCUT2D eigenvalue weighted by molar-refractivity contribution is -0.0124. The third kappa shape index (κ3) is 3.80. The van der Waals surface area contributed by atoms with Crippen molar-refractivity contribution in [1.29, 1.82) is 0 Å². The minimum atomic E-state index is -0.0431. The Morgan fingerprint density at radius 1 is 1.60 bits per heavy atom. The number of aliphatic hydroxyl groups is 1. The lowest BCUT2D eigenvalue weighted by atomic mass is 10.1. The number of morpholine rings is 1. The van der Waals surface area contributed by atoms with Crippen molar-refractivity contribution < 1.29 is 14.6 Å². The number of rotatable bonds is 2.